The first-order valence-electron chi connectivity index (χ1n) is 12.1. The molecule has 1 N–H and O–H groups in total. The molecule has 1 saturated heterocycles. The van der Waals surface area contributed by atoms with Gasteiger partial charge in [-0.1, -0.05) is 36.4 Å². The number of carbonyl (C=O) groups is 1. The Labute approximate surface area is 207 Å². The van der Waals surface area contributed by atoms with E-state index in [1.807, 2.05) is 11.8 Å². The van der Waals surface area contributed by atoms with E-state index in [1.54, 1.807) is 15.8 Å². The first-order chi connectivity index (χ1) is 17.1. The molecule has 2 aromatic carbocycles. The molecule has 0 unspecified atom stereocenters. The zero-order chi connectivity index (χ0) is 23.9. The van der Waals surface area contributed by atoms with Gasteiger partial charge < -0.3 is 14.7 Å². The molecule has 0 spiro atoms. The van der Waals surface area contributed by atoms with Gasteiger partial charge in [0.15, 0.2) is 11.4 Å². The Balaban J connectivity index is 1.61. The third-order valence-corrected chi connectivity index (χ3v) is 8.09. The molecule has 0 saturated carbocycles. The summed E-state index contributed by atoms with van der Waals surface area (Å²) < 4.78 is 7.51. The van der Waals surface area contributed by atoms with Gasteiger partial charge in [0.25, 0.3) is 5.91 Å². The molecule has 0 aliphatic carbocycles. The number of pyridine rings is 1. The maximum Gasteiger partial charge on any atom is 0.278 e. The molecule has 1 aromatic heterocycles. The minimum Gasteiger partial charge on any atom is -0.502 e. The van der Waals surface area contributed by atoms with E-state index >= 15 is 0 Å². The van der Waals surface area contributed by atoms with E-state index in [0.717, 1.165) is 36.1 Å². The van der Waals surface area contributed by atoms with Gasteiger partial charge in [-0.05, 0) is 53.8 Å². The van der Waals surface area contributed by atoms with Gasteiger partial charge in [0, 0.05) is 23.7 Å². The van der Waals surface area contributed by atoms with Crippen molar-refractivity contribution < 1.29 is 14.6 Å². The molecule has 8 heteroatoms. The predicted octanol–water partition coefficient (Wildman–Crippen LogP) is 3.52. The van der Waals surface area contributed by atoms with E-state index in [4.69, 9.17) is 4.74 Å². The summed E-state index contributed by atoms with van der Waals surface area (Å²) in [5.74, 6) is 0.197. The van der Waals surface area contributed by atoms with Crippen LogP contribution in [0.25, 0.3) is 0 Å². The number of morpholine rings is 1. The average Bonchev–Trinajstić information content (AvgIpc) is 2.88. The normalized spacial score (nSPS) is 22.0. The van der Waals surface area contributed by atoms with Crippen molar-refractivity contribution in [2.45, 2.75) is 36.4 Å². The monoisotopic (exact) mass is 489 g/mol. The fourth-order valence-electron chi connectivity index (χ4n) is 5.34. The summed E-state index contributed by atoms with van der Waals surface area (Å²) in [5.41, 5.74) is 2.90. The van der Waals surface area contributed by atoms with Crippen molar-refractivity contribution in [2.24, 2.45) is 0 Å². The highest BCUT2D eigenvalue weighted by atomic mass is 32.2. The minimum atomic E-state index is -0.560. The van der Waals surface area contributed by atoms with Crippen molar-refractivity contribution in [3.8, 4) is 5.75 Å². The van der Waals surface area contributed by atoms with Crippen molar-refractivity contribution in [1.82, 2.24) is 9.58 Å². The Morgan fingerprint density at radius 3 is 2.71 bits per heavy atom. The number of ether oxygens (including phenoxy) is 1. The molecule has 6 rings (SSSR count). The lowest BCUT2D eigenvalue weighted by Gasteiger charge is -2.51. The number of hydrogen-bond acceptors (Lipinski definition) is 6. The fourth-order valence-corrected chi connectivity index (χ4v) is 6.32. The van der Waals surface area contributed by atoms with Crippen molar-refractivity contribution in [3.63, 3.8) is 0 Å². The lowest BCUT2D eigenvalue weighted by molar-refractivity contribution is -0.0197. The van der Waals surface area contributed by atoms with E-state index in [0.29, 0.717) is 19.8 Å². The van der Waals surface area contributed by atoms with Crippen molar-refractivity contribution in [1.29, 1.82) is 0 Å². The molecule has 1 amide bonds. The van der Waals surface area contributed by atoms with Crippen molar-refractivity contribution in [3.05, 3.63) is 93.4 Å². The minimum absolute atomic E-state index is 0.00319. The number of fused-ring (bicyclic) bond motifs is 6. The summed E-state index contributed by atoms with van der Waals surface area (Å²) in [6, 6.07) is 18.2. The summed E-state index contributed by atoms with van der Waals surface area (Å²) in [5, 5.41) is 12.8. The number of rotatable bonds is 1. The van der Waals surface area contributed by atoms with E-state index < -0.39 is 11.2 Å². The molecule has 35 heavy (non-hydrogen) atoms. The molecule has 0 radical (unpaired) electrons. The smallest absolute Gasteiger partial charge is 0.278 e. The number of aryl methyl sites for hydroxylation is 1. The van der Waals surface area contributed by atoms with E-state index in [9.17, 15) is 14.7 Å². The molecule has 7 nitrogen and oxygen atoms in total. The number of hydrogen-bond donors (Lipinski definition) is 1. The maximum atomic E-state index is 13.4. The lowest BCUT2D eigenvalue weighted by atomic mass is 9.94. The van der Waals surface area contributed by atoms with Crippen LogP contribution in [0, 0.1) is 0 Å². The molecule has 2 atom stereocenters. The largest absolute Gasteiger partial charge is 0.502 e. The van der Waals surface area contributed by atoms with Crippen LogP contribution >= 0.6 is 11.8 Å². The van der Waals surface area contributed by atoms with Gasteiger partial charge in [-0.25, -0.2) is 0 Å². The van der Waals surface area contributed by atoms with Crippen molar-refractivity contribution in [2.75, 3.05) is 30.5 Å². The molecular formula is C27H27N3O4S. The molecule has 1 fully saturated rings. The van der Waals surface area contributed by atoms with Crippen LogP contribution in [-0.4, -0.2) is 52.3 Å². The molecule has 3 aliphatic rings. The van der Waals surface area contributed by atoms with Gasteiger partial charge in [-0.15, -0.1) is 11.8 Å². The number of aromatic nitrogens is 1. The molecule has 3 aromatic rings. The Kier molecular flexibility index (Phi) is 5.78. The van der Waals surface area contributed by atoms with Crippen LogP contribution in [0.2, 0.25) is 0 Å². The van der Waals surface area contributed by atoms with Crippen LogP contribution in [-0.2, 0) is 11.2 Å². The van der Waals surface area contributed by atoms with Crippen LogP contribution in [0.1, 0.15) is 46.1 Å². The van der Waals surface area contributed by atoms with Crippen LogP contribution in [0.15, 0.2) is 70.5 Å². The summed E-state index contributed by atoms with van der Waals surface area (Å²) in [7, 11) is 0. The summed E-state index contributed by atoms with van der Waals surface area (Å²) >= 11 is 1.86. The fraction of sp³-hybridized carbons (Fsp3) is 0.333. The average molecular weight is 490 g/mol. The standard InChI is InChI=1S/C27H27N3O4S/c31-22-10-11-29-25(26(22)32)27(33)28-12-13-34-17-23(28)30(29)24-19-7-3-6-18(15-19)5-1-2-14-35-21-9-4-8-20(24)16-21/h3-4,6-11,15-16,23-24,32H,1-2,5,12-14,17H2/t23-,24+/m1/s1. The van der Waals surface area contributed by atoms with E-state index in [-0.39, 0.29) is 23.8 Å². The second-order valence-electron chi connectivity index (χ2n) is 9.18. The number of amides is 1. The number of aromatic hydroxyl groups is 1. The van der Waals surface area contributed by atoms with Gasteiger partial charge in [-0.2, -0.15) is 0 Å². The second kappa shape index (κ2) is 9.09. The number of thioether (sulfide) groups is 1. The molecule has 180 valence electrons. The van der Waals surface area contributed by atoms with Gasteiger partial charge >= 0.3 is 0 Å². The Bertz CT molecular complexity index is 1290. The van der Waals surface area contributed by atoms with E-state index in [2.05, 4.69) is 53.5 Å². The van der Waals surface area contributed by atoms with Crippen LogP contribution in [0.4, 0.5) is 0 Å². The number of benzene rings is 2. The second-order valence-corrected chi connectivity index (χ2v) is 10.3. The van der Waals surface area contributed by atoms with Gasteiger partial charge in [0.05, 0.1) is 19.3 Å². The Morgan fingerprint density at radius 2 is 1.83 bits per heavy atom. The molecule has 4 bridgehead atoms. The third-order valence-electron chi connectivity index (χ3n) is 7.01. The SMILES string of the molecule is O=C1c2c(O)c(=O)ccn2N([C@H]2c3cccc(c3)CCCCSc3cccc2c3)[C@@H]2COCCN12. The zero-order valence-corrected chi connectivity index (χ0v) is 20.1. The van der Waals surface area contributed by atoms with Crippen LogP contribution < -0.4 is 10.4 Å². The summed E-state index contributed by atoms with van der Waals surface area (Å²) in [4.78, 5) is 28.7. The Hall–Kier alpha value is -3.23. The first kappa shape index (κ1) is 22.2. The highest BCUT2D eigenvalue weighted by Crippen LogP contribution is 2.37. The van der Waals surface area contributed by atoms with Gasteiger partial charge in [0.1, 0.15) is 6.17 Å². The third kappa shape index (κ3) is 3.90. The topological polar surface area (TPSA) is 75.0 Å². The maximum absolute atomic E-state index is 13.4. The molecule has 4 heterocycles. The zero-order valence-electron chi connectivity index (χ0n) is 19.3. The van der Waals surface area contributed by atoms with Gasteiger partial charge in [-0.3, -0.25) is 19.3 Å². The van der Waals surface area contributed by atoms with Crippen LogP contribution in [0.5, 0.6) is 5.75 Å². The van der Waals surface area contributed by atoms with Crippen molar-refractivity contribution >= 4 is 17.7 Å². The summed E-state index contributed by atoms with van der Waals surface area (Å²) in [6.07, 6.45) is 4.51. The highest BCUT2D eigenvalue weighted by Gasteiger charge is 2.44. The number of nitrogens with zero attached hydrogens (tertiary/aromatic N) is 3. The molecule has 3 aliphatic heterocycles. The number of carbonyl (C=O) groups excluding carboxylic acids is 1. The van der Waals surface area contributed by atoms with Gasteiger partial charge in [0.2, 0.25) is 5.43 Å². The summed E-state index contributed by atoms with van der Waals surface area (Å²) in [6.45, 7) is 1.15. The lowest BCUT2D eigenvalue weighted by Crippen LogP contribution is -2.66. The van der Waals surface area contributed by atoms with E-state index in [1.165, 1.54) is 16.5 Å². The highest BCUT2D eigenvalue weighted by molar-refractivity contribution is 7.99. The quantitative estimate of drug-likeness (QED) is 0.564. The first-order valence-corrected chi connectivity index (χ1v) is 13.0. The Morgan fingerprint density at radius 1 is 1.00 bits per heavy atom. The van der Waals surface area contributed by atoms with Crippen LogP contribution in [0.3, 0.4) is 0 Å². The predicted molar refractivity (Wildman–Crippen MR) is 135 cm³/mol. The molecular weight excluding hydrogens is 462 g/mol.